The van der Waals surface area contributed by atoms with Gasteiger partial charge >= 0.3 is 0 Å². The summed E-state index contributed by atoms with van der Waals surface area (Å²) < 4.78 is 4.91. The predicted octanol–water partition coefficient (Wildman–Crippen LogP) is 0.466. The van der Waals surface area contributed by atoms with Gasteiger partial charge in [0.2, 0.25) is 5.88 Å². The number of nitrogens with zero attached hydrogens (tertiary/aromatic N) is 1. The molecule has 1 aromatic heterocycles. The highest BCUT2D eigenvalue weighted by atomic mass is 35.5. The molecule has 0 aliphatic rings. The highest BCUT2D eigenvalue weighted by Gasteiger charge is 2.13. The molecule has 2 N–H and O–H groups in total. The molecule has 0 saturated heterocycles. The van der Waals surface area contributed by atoms with Crippen LogP contribution in [0.25, 0.3) is 0 Å². The summed E-state index contributed by atoms with van der Waals surface area (Å²) in [4.78, 5) is 15.3. The zero-order valence-corrected chi connectivity index (χ0v) is 8.91. The lowest BCUT2D eigenvalue weighted by molar-refractivity contribution is 0.0941. The molecule has 0 atom stereocenters. The van der Waals surface area contributed by atoms with E-state index in [4.69, 9.17) is 21.4 Å². The zero-order valence-electron chi connectivity index (χ0n) is 8.16. The second-order valence-corrected chi connectivity index (χ2v) is 3.06. The lowest BCUT2D eigenvalue weighted by atomic mass is 10.2. The fraction of sp³-hybridized carbons (Fsp3) is 0.333. The Kier molecular flexibility index (Phi) is 4.33. The lowest BCUT2D eigenvalue weighted by Crippen LogP contribution is -2.26. The summed E-state index contributed by atoms with van der Waals surface area (Å²) in [5.74, 6) is -0.192. The van der Waals surface area contributed by atoms with Crippen LogP contribution in [0.15, 0.2) is 12.1 Å². The molecule has 1 heterocycles. The molecule has 0 spiro atoms. The largest absolute Gasteiger partial charge is 0.480 e. The molecule has 0 aliphatic heterocycles. The first-order valence-corrected chi connectivity index (χ1v) is 4.66. The van der Waals surface area contributed by atoms with Crippen molar-refractivity contribution in [2.45, 2.75) is 0 Å². The number of nitrogens with one attached hydrogen (secondary N) is 1. The van der Waals surface area contributed by atoms with Crippen molar-refractivity contribution in [3.05, 3.63) is 22.8 Å². The highest BCUT2D eigenvalue weighted by molar-refractivity contribution is 6.29. The van der Waals surface area contributed by atoms with E-state index in [1.165, 1.54) is 19.2 Å². The van der Waals surface area contributed by atoms with Gasteiger partial charge in [0.05, 0.1) is 13.7 Å². The van der Waals surface area contributed by atoms with Crippen LogP contribution in [-0.2, 0) is 0 Å². The SMILES string of the molecule is COc1nc(Cl)ccc1C(=O)NCCO. The fourth-order valence-corrected chi connectivity index (χ4v) is 1.15. The maximum Gasteiger partial charge on any atom is 0.256 e. The molecule has 0 saturated carbocycles. The predicted molar refractivity (Wildman–Crippen MR) is 55.2 cm³/mol. The van der Waals surface area contributed by atoms with Crippen LogP contribution in [0.5, 0.6) is 5.88 Å². The molecule has 1 amide bonds. The van der Waals surface area contributed by atoms with Crippen molar-refractivity contribution < 1.29 is 14.6 Å². The Morgan fingerprint density at radius 2 is 2.40 bits per heavy atom. The van der Waals surface area contributed by atoms with E-state index >= 15 is 0 Å². The third-order valence-corrected chi connectivity index (χ3v) is 1.87. The Bertz CT molecular complexity index is 357. The number of hydrogen-bond donors (Lipinski definition) is 2. The van der Waals surface area contributed by atoms with E-state index < -0.39 is 0 Å². The van der Waals surface area contributed by atoms with Crippen LogP contribution in [0.2, 0.25) is 5.15 Å². The maximum atomic E-state index is 11.5. The molecule has 15 heavy (non-hydrogen) atoms. The van der Waals surface area contributed by atoms with Crippen molar-refractivity contribution in [1.82, 2.24) is 10.3 Å². The van der Waals surface area contributed by atoms with Gasteiger partial charge in [0.15, 0.2) is 0 Å². The van der Waals surface area contributed by atoms with Crippen molar-refractivity contribution in [3.63, 3.8) is 0 Å². The van der Waals surface area contributed by atoms with Gasteiger partial charge in [0.1, 0.15) is 10.7 Å². The van der Waals surface area contributed by atoms with Gasteiger partial charge in [-0.25, -0.2) is 4.98 Å². The number of carbonyl (C=O) groups is 1. The molecule has 6 heteroatoms. The Morgan fingerprint density at radius 3 is 3.00 bits per heavy atom. The van der Waals surface area contributed by atoms with Gasteiger partial charge in [-0.2, -0.15) is 0 Å². The first-order valence-electron chi connectivity index (χ1n) is 4.28. The van der Waals surface area contributed by atoms with Gasteiger partial charge in [-0.05, 0) is 12.1 Å². The van der Waals surface area contributed by atoms with E-state index in [2.05, 4.69) is 10.3 Å². The summed E-state index contributed by atoms with van der Waals surface area (Å²) in [5, 5.41) is 11.3. The van der Waals surface area contributed by atoms with E-state index in [1.807, 2.05) is 0 Å². The first kappa shape index (κ1) is 11.7. The normalized spacial score (nSPS) is 9.80. The Balaban J connectivity index is 2.87. The first-order chi connectivity index (χ1) is 7.19. The van der Waals surface area contributed by atoms with Gasteiger partial charge in [-0.3, -0.25) is 4.79 Å². The van der Waals surface area contributed by atoms with Crippen LogP contribution in [0.4, 0.5) is 0 Å². The monoisotopic (exact) mass is 230 g/mol. The summed E-state index contributed by atoms with van der Waals surface area (Å²) in [6.07, 6.45) is 0. The topological polar surface area (TPSA) is 71.5 Å². The quantitative estimate of drug-likeness (QED) is 0.738. The third kappa shape index (κ3) is 3.07. The molecular weight excluding hydrogens is 220 g/mol. The Hall–Kier alpha value is -1.33. The van der Waals surface area contributed by atoms with Gasteiger partial charge < -0.3 is 15.2 Å². The fourth-order valence-electron chi connectivity index (χ4n) is 1.01. The summed E-state index contributed by atoms with van der Waals surface area (Å²) in [5.41, 5.74) is 0.287. The van der Waals surface area contributed by atoms with E-state index in [1.54, 1.807) is 0 Å². The van der Waals surface area contributed by atoms with Crippen LogP contribution in [0.1, 0.15) is 10.4 Å². The lowest BCUT2D eigenvalue weighted by Gasteiger charge is -2.07. The number of rotatable bonds is 4. The van der Waals surface area contributed by atoms with Crippen LogP contribution in [0, 0.1) is 0 Å². The summed E-state index contributed by atoms with van der Waals surface area (Å²) in [6, 6.07) is 3.01. The second-order valence-electron chi connectivity index (χ2n) is 2.67. The number of halogens is 1. The number of amides is 1. The highest BCUT2D eigenvalue weighted by Crippen LogP contribution is 2.18. The van der Waals surface area contributed by atoms with E-state index in [9.17, 15) is 4.79 Å². The third-order valence-electron chi connectivity index (χ3n) is 1.66. The van der Waals surface area contributed by atoms with Crippen molar-refractivity contribution >= 4 is 17.5 Å². The van der Waals surface area contributed by atoms with Crippen LogP contribution in [0.3, 0.4) is 0 Å². The molecule has 0 unspecified atom stereocenters. The zero-order chi connectivity index (χ0) is 11.3. The minimum Gasteiger partial charge on any atom is -0.480 e. The maximum absolute atomic E-state index is 11.5. The van der Waals surface area contributed by atoms with Gasteiger partial charge in [-0.1, -0.05) is 11.6 Å². The molecule has 0 aromatic carbocycles. The second kappa shape index (κ2) is 5.53. The minimum absolute atomic E-state index is 0.116. The number of aromatic nitrogens is 1. The number of methoxy groups -OCH3 is 1. The molecule has 82 valence electrons. The van der Waals surface area contributed by atoms with Gasteiger partial charge in [0.25, 0.3) is 5.91 Å². The summed E-state index contributed by atoms with van der Waals surface area (Å²) >= 11 is 5.64. The van der Waals surface area contributed by atoms with E-state index in [-0.39, 0.29) is 35.7 Å². The van der Waals surface area contributed by atoms with Crippen LogP contribution in [-0.4, -0.2) is 36.3 Å². The van der Waals surface area contributed by atoms with Crippen LogP contribution >= 0.6 is 11.6 Å². The molecule has 0 radical (unpaired) electrons. The van der Waals surface area contributed by atoms with Gasteiger partial charge in [-0.15, -0.1) is 0 Å². The molecule has 1 rings (SSSR count). The van der Waals surface area contributed by atoms with Crippen molar-refractivity contribution in [2.24, 2.45) is 0 Å². The summed E-state index contributed by atoms with van der Waals surface area (Å²) in [6.45, 7) is 0.0691. The van der Waals surface area contributed by atoms with Crippen LogP contribution < -0.4 is 10.1 Å². The molecule has 0 fully saturated rings. The number of aliphatic hydroxyl groups excluding tert-OH is 1. The van der Waals surface area contributed by atoms with Crippen molar-refractivity contribution in [1.29, 1.82) is 0 Å². The average Bonchev–Trinajstić information content (AvgIpc) is 2.25. The molecule has 5 nitrogen and oxygen atoms in total. The number of carbonyl (C=O) groups excluding carboxylic acids is 1. The Morgan fingerprint density at radius 1 is 1.67 bits per heavy atom. The smallest absolute Gasteiger partial charge is 0.256 e. The molecule has 0 bridgehead atoms. The number of pyridine rings is 1. The van der Waals surface area contributed by atoms with Crippen molar-refractivity contribution in [2.75, 3.05) is 20.3 Å². The Labute approximate surface area is 92.0 Å². The number of aliphatic hydroxyl groups is 1. The standard InChI is InChI=1S/C9H11ClN2O3/c1-15-9-6(2-3-7(10)12-9)8(14)11-4-5-13/h2-3,13H,4-5H2,1H3,(H,11,14). The van der Waals surface area contributed by atoms with Crippen molar-refractivity contribution in [3.8, 4) is 5.88 Å². The minimum atomic E-state index is -0.356. The molecular formula is C9H11ClN2O3. The molecule has 1 aromatic rings. The van der Waals surface area contributed by atoms with E-state index in [0.717, 1.165) is 0 Å². The number of ether oxygens (including phenoxy) is 1. The van der Waals surface area contributed by atoms with Gasteiger partial charge in [0, 0.05) is 6.54 Å². The summed E-state index contributed by atoms with van der Waals surface area (Å²) in [7, 11) is 1.40. The average molecular weight is 231 g/mol. The molecule has 0 aliphatic carbocycles. The van der Waals surface area contributed by atoms with E-state index in [0.29, 0.717) is 0 Å². The number of hydrogen-bond acceptors (Lipinski definition) is 4.